The van der Waals surface area contributed by atoms with Crippen LogP contribution in [0.2, 0.25) is 0 Å². The van der Waals surface area contributed by atoms with Crippen molar-refractivity contribution in [2.75, 3.05) is 12.4 Å². The van der Waals surface area contributed by atoms with Gasteiger partial charge in [0.2, 0.25) is 5.16 Å². The number of H-pyrrole nitrogens is 1. The van der Waals surface area contributed by atoms with E-state index in [9.17, 15) is 5.11 Å². The second kappa shape index (κ2) is 6.71. The van der Waals surface area contributed by atoms with Crippen molar-refractivity contribution in [3.05, 3.63) is 35.2 Å². The third kappa shape index (κ3) is 3.81. The Labute approximate surface area is 134 Å². The number of hydrogen-bond donors (Lipinski definition) is 2. The number of aliphatic hydroxyl groups is 1. The normalized spacial score (nSPS) is 15.8. The van der Waals surface area contributed by atoms with E-state index >= 15 is 0 Å². The minimum atomic E-state index is -0.549. The number of rotatable bonds is 7. The van der Waals surface area contributed by atoms with Crippen molar-refractivity contribution in [2.24, 2.45) is 0 Å². The monoisotopic (exact) mass is 319 g/mol. The zero-order valence-electron chi connectivity index (χ0n) is 12.9. The van der Waals surface area contributed by atoms with Gasteiger partial charge in [-0.3, -0.25) is 5.10 Å². The molecule has 22 heavy (non-hydrogen) atoms. The molecule has 118 valence electrons. The molecule has 0 spiro atoms. The third-order valence-corrected chi connectivity index (χ3v) is 4.67. The lowest BCUT2D eigenvalue weighted by Crippen LogP contribution is -2.20. The number of aromatic amines is 1. The molecule has 1 atom stereocenters. The van der Waals surface area contributed by atoms with Crippen LogP contribution < -0.4 is 4.74 Å². The summed E-state index contributed by atoms with van der Waals surface area (Å²) in [4.78, 5) is 4.44. The van der Waals surface area contributed by atoms with E-state index in [1.54, 1.807) is 0 Å². The maximum Gasteiger partial charge on any atom is 0.208 e. The van der Waals surface area contributed by atoms with Gasteiger partial charge in [-0.15, -0.1) is 5.10 Å². The molecule has 1 aliphatic rings. The molecule has 0 aliphatic heterocycles. The van der Waals surface area contributed by atoms with E-state index < -0.39 is 6.10 Å². The number of aromatic nitrogens is 3. The third-order valence-electron chi connectivity index (χ3n) is 3.68. The lowest BCUT2D eigenvalue weighted by Gasteiger charge is -2.14. The summed E-state index contributed by atoms with van der Waals surface area (Å²) in [6.45, 7) is 4.30. The Morgan fingerprint density at radius 2 is 2.09 bits per heavy atom. The number of aryl methyl sites for hydroxylation is 2. The molecular weight excluding hydrogens is 298 g/mol. The first-order valence-corrected chi connectivity index (χ1v) is 8.54. The Bertz CT molecular complexity index is 620. The second-order valence-electron chi connectivity index (χ2n) is 5.77. The van der Waals surface area contributed by atoms with Crippen molar-refractivity contribution in [1.82, 2.24) is 15.2 Å². The highest BCUT2D eigenvalue weighted by Gasteiger charge is 2.27. The molecule has 2 N–H and O–H groups in total. The molecule has 5 nitrogen and oxygen atoms in total. The van der Waals surface area contributed by atoms with Gasteiger partial charge in [0, 0.05) is 11.7 Å². The largest absolute Gasteiger partial charge is 0.490 e. The van der Waals surface area contributed by atoms with Crippen molar-refractivity contribution >= 4 is 11.8 Å². The van der Waals surface area contributed by atoms with Gasteiger partial charge in [0.25, 0.3) is 0 Å². The number of para-hydroxylation sites is 1. The molecule has 1 unspecified atom stereocenters. The van der Waals surface area contributed by atoms with Gasteiger partial charge in [0.05, 0.1) is 6.10 Å². The molecule has 0 saturated heterocycles. The van der Waals surface area contributed by atoms with Gasteiger partial charge in [-0.1, -0.05) is 30.0 Å². The Morgan fingerprint density at radius 3 is 2.77 bits per heavy atom. The van der Waals surface area contributed by atoms with Crippen LogP contribution in [0.1, 0.15) is 35.7 Å². The maximum absolute atomic E-state index is 10.1. The summed E-state index contributed by atoms with van der Waals surface area (Å²) in [5, 5.41) is 17.9. The maximum atomic E-state index is 10.1. The SMILES string of the molecule is Cc1cccc(C)c1OCC(O)CSc1n[nH]c(C2CC2)n1. The molecule has 2 aromatic rings. The first-order valence-electron chi connectivity index (χ1n) is 7.55. The summed E-state index contributed by atoms with van der Waals surface area (Å²) in [5.41, 5.74) is 2.17. The number of nitrogens with zero attached hydrogens (tertiary/aromatic N) is 2. The molecule has 3 rings (SSSR count). The van der Waals surface area contributed by atoms with Crippen LogP contribution in [-0.2, 0) is 0 Å². The van der Waals surface area contributed by atoms with Gasteiger partial charge in [-0.05, 0) is 37.8 Å². The molecule has 1 aliphatic carbocycles. The van der Waals surface area contributed by atoms with Crippen LogP contribution in [0.25, 0.3) is 0 Å². The number of thioether (sulfide) groups is 1. The summed E-state index contributed by atoms with van der Waals surface area (Å²) >= 11 is 1.45. The van der Waals surface area contributed by atoms with E-state index in [1.807, 2.05) is 32.0 Å². The first-order chi connectivity index (χ1) is 10.6. The zero-order chi connectivity index (χ0) is 15.5. The summed E-state index contributed by atoms with van der Waals surface area (Å²) in [6, 6.07) is 6.03. The van der Waals surface area contributed by atoms with Crippen molar-refractivity contribution in [2.45, 2.75) is 43.9 Å². The highest BCUT2D eigenvalue weighted by molar-refractivity contribution is 7.99. The minimum absolute atomic E-state index is 0.276. The minimum Gasteiger partial charge on any atom is -0.490 e. The quantitative estimate of drug-likeness (QED) is 0.768. The van der Waals surface area contributed by atoms with Crippen LogP contribution >= 0.6 is 11.8 Å². The van der Waals surface area contributed by atoms with E-state index in [-0.39, 0.29) is 6.61 Å². The van der Waals surface area contributed by atoms with Gasteiger partial charge in [-0.2, -0.15) is 0 Å². The number of hydrogen-bond acceptors (Lipinski definition) is 5. The van der Waals surface area contributed by atoms with E-state index in [4.69, 9.17) is 4.74 Å². The second-order valence-corrected chi connectivity index (χ2v) is 6.76. The van der Waals surface area contributed by atoms with Crippen molar-refractivity contribution < 1.29 is 9.84 Å². The van der Waals surface area contributed by atoms with Crippen LogP contribution in [0.5, 0.6) is 5.75 Å². The van der Waals surface area contributed by atoms with Gasteiger partial charge in [-0.25, -0.2) is 4.98 Å². The predicted molar refractivity (Wildman–Crippen MR) is 86.5 cm³/mol. The number of nitrogens with one attached hydrogen (secondary N) is 1. The van der Waals surface area contributed by atoms with E-state index in [1.165, 1.54) is 24.6 Å². The van der Waals surface area contributed by atoms with Crippen LogP contribution in [0.15, 0.2) is 23.4 Å². The molecule has 1 fully saturated rings. The first kappa shape index (κ1) is 15.4. The molecule has 1 heterocycles. The fourth-order valence-corrected chi connectivity index (χ4v) is 3.00. The van der Waals surface area contributed by atoms with Gasteiger partial charge < -0.3 is 9.84 Å². The molecule has 0 radical (unpaired) electrons. The van der Waals surface area contributed by atoms with Gasteiger partial charge in [0.1, 0.15) is 18.2 Å². The molecular formula is C16H21N3O2S. The molecule has 6 heteroatoms. The standard InChI is InChI=1S/C16H21N3O2S/c1-10-4-3-5-11(2)14(10)21-8-13(20)9-22-16-17-15(18-19-16)12-6-7-12/h3-5,12-13,20H,6-9H2,1-2H3,(H,17,18,19). The molecule has 1 aromatic carbocycles. The predicted octanol–water partition coefficient (Wildman–Crippen LogP) is 2.83. The number of ether oxygens (including phenoxy) is 1. The molecule has 1 saturated carbocycles. The summed E-state index contributed by atoms with van der Waals surface area (Å²) in [5.74, 6) is 2.93. The van der Waals surface area contributed by atoms with Crippen LogP contribution in [0.3, 0.4) is 0 Å². The average Bonchev–Trinajstić information content (AvgIpc) is 3.23. The number of benzene rings is 1. The topological polar surface area (TPSA) is 71.0 Å². The fraction of sp³-hybridized carbons (Fsp3) is 0.500. The Hall–Kier alpha value is -1.53. The lowest BCUT2D eigenvalue weighted by molar-refractivity contribution is 0.125. The fourth-order valence-electron chi connectivity index (χ4n) is 2.29. The van der Waals surface area contributed by atoms with Crippen molar-refractivity contribution in [1.29, 1.82) is 0 Å². The summed E-state index contributed by atoms with van der Waals surface area (Å²) in [6.07, 6.45) is 1.85. The highest BCUT2D eigenvalue weighted by atomic mass is 32.2. The highest BCUT2D eigenvalue weighted by Crippen LogP contribution is 2.38. The van der Waals surface area contributed by atoms with Gasteiger partial charge >= 0.3 is 0 Å². The molecule has 0 amide bonds. The lowest BCUT2D eigenvalue weighted by atomic mass is 10.1. The van der Waals surface area contributed by atoms with Crippen LogP contribution in [0.4, 0.5) is 0 Å². The Kier molecular flexibility index (Phi) is 4.69. The van der Waals surface area contributed by atoms with E-state index in [0.29, 0.717) is 16.8 Å². The Morgan fingerprint density at radius 1 is 1.36 bits per heavy atom. The van der Waals surface area contributed by atoms with E-state index in [0.717, 1.165) is 22.7 Å². The zero-order valence-corrected chi connectivity index (χ0v) is 13.7. The van der Waals surface area contributed by atoms with Crippen LogP contribution in [-0.4, -0.2) is 38.8 Å². The van der Waals surface area contributed by atoms with Crippen LogP contribution in [0, 0.1) is 13.8 Å². The van der Waals surface area contributed by atoms with E-state index in [2.05, 4.69) is 15.2 Å². The smallest absolute Gasteiger partial charge is 0.208 e. The van der Waals surface area contributed by atoms with Crippen molar-refractivity contribution in [3.8, 4) is 5.75 Å². The Balaban J connectivity index is 1.46. The number of aliphatic hydroxyl groups excluding tert-OH is 1. The molecule has 1 aromatic heterocycles. The average molecular weight is 319 g/mol. The van der Waals surface area contributed by atoms with Crippen molar-refractivity contribution in [3.63, 3.8) is 0 Å². The summed E-state index contributed by atoms with van der Waals surface area (Å²) < 4.78 is 5.76. The van der Waals surface area contributed by atoms with Gasteiger partial charge in [0.15, 0.2) is 0 Å². The molecule has 0 bridgehead atoms. The summed E-state index contributed by atoms with van der Waals surface area (Å²) in [7, 11) is 0.